The highest BCUT2D eigenvalue weighted by Gasteiger charge is 2.22. The molecule has 6 nitrogen and oxygen atoms in total. The van der Waals surface area contributed by atoms with Crippen LogP contribution < -0.4 is 10.2 Å². The first-order valence-corrected chi connectivity index (χ1v) is 10.6. The molecule has 0 unspecified atom stereocenters. The van der Waals surface area contributed by atoms with Gasteiger partial charge in [-0.2, -0.15) is 4.31 Å². The van der Waals surface area contributed by atoms with Gasteiger partial charge in [-0.3, -0.25) is 4.79 Å². The molecule has 1 aliphatic rings. The van der Waals surface area contributed by atoms with Crippen molar-refractivity contribution >= 4 is 21.6 Å². The van der Waals surface area contributed by atoms with E-state index in [9.17, 15) is 13.2 Å². The van der Waals surface area contributed by atoms with E-state index in [-0.39, 0.29) is 10.8 Å². The first-order chi connectivity index (χ1) is 12.9. The van der Waals surface area contributed by atoms with Crippen LogP contribution in [0.1, 0.15) is 18.4 Å². The fourth-order valence-corrected chi connectivity index (χ4v) is 4.46. The van der Waals surface area contributed by atoms with Crippen molar-refractivity contribution in [3.05, 3.63) is 60.2 Å². The lowest BCUT2D eigenvalue weighted by Gasteiger charge is -2.17. The SMILES string of the molecule is CN(Cc1ccccc1)S(=O)(=O)c1ccc(NC(=O)C[NH+]2CCCC2)cc1. The van der Waals surface area contributed by atoms with Crippen LogP contribution in [-0.4, -0.2) is 45.3 Å². The predicted octanol–water partition coefficient (Wildman–Crippen LogP) is 1.12. The van der Waals surface area contributed by atoms with Crippen LogP contribution in [0.15, 0.2) is 59.5 Å². The third-order valence-corrected chi connectivity index (χ3v) is 6.63. The van der Waals surface area contributed by atoms with Crippen LogP contribution >= 0.6 is 0 Å². The summed E-state index contributed by atoms with van der Waals surface area (Å²) in [5.41, 5.74) is 1.54. The summed E-state index contributed by atoms with van der Waals surface area (Å²) in [6, 6.07) is 15.8. The number of quaternary nitrogens is 1. The van der Waals surface area contributed by atoms with E-state index in [0.29, 0.717) is 18.8 Å². The number of amides is 1. The van der Waals surface area contributed by atoms with Gasteiger partial charge in [0, 0.05) is 32.1 Å². The number of likely N-dealkylation sites (tertiary alicyclic amines) is 1. The molecule has 0 bridgehead atoms. The highest BCUT2D eigenvalue weighted by molar-refractivity contribution is 7.89. The maximum absolute atomic E-state index is 12.7. The van der Waals surface area contributed by atoms with Crippen LogP contribution in [-0.2, 0) is 21.4 Å². The van der Waals surface area contributed by atoms with E-state index in [1.54, 1.807) is 19.2 Å². The van der Waals surface area contributed by atoms with Crippen molar-refractivity contribution in [2.24, 2.45) is 0 Å². The molecule has 1 saturated heterocycles. The van der Waals surface area contributed by atoms with Gasteiger partial charge in [0.15, 0.2) is 6.54 Å². The maximum atomic E-state index is 12.7. The molecule has 2 aromatic carbocycles. The van der Waals surface area contributed by atoms with Gasteiger partial charge in [-0.25, -0.2) is 8.42 Å². The van der Waals surface area contributed by atoms with Crippen molar-refractivity contribution in [3.8, 4) is 0 Å². The zero-order chi connectivity index (χ0) is 19.3. The molecule has 2 N–H and O–H groups in total. The summed E-state index contributed by atoms with van der Waals surface area (Å²) in [7, 11) is -2.02. The van der Waals surface area contributed by atoms with Gasteiger partial charge in [0.1, 0.15) is 0 Å². The largest absolute Gasteiger partial charge is 0.327 e. The highest BCUT2D eigenvalue weighted by Crippen LogP contribution is 2.19. The predicted molar refractivity (Wildman–Crippen MR) is 105 cm³/mol. The molecule has 0 aliphatic carbocycles. The molecular formula is C20H26N3O3S+. The Morgan fingerprint density at radius 3 is 2.30 bits per heavy atom. The summed E-state index contributed by atoms with van der Waals surface area (Å²) in [5, 5.41) is 2.85. The Balaban J connectivity index is 1.62. The second-order valence-electron chi connectivity index (χ2n) is 6.95. The Morgan fingerprint density at radius 1 is 1.04 bits per heavy atom. The molecule has 7 heteroatoms. The number of rotatable bonds is 7. The van der Waals surface area contributed by atoms with Crippen LogP contribution in [0, 0.1) is 0 Å². The molecule has 0 spiro atoms. The van der Waals surface area contributed by atoms with Gasteiger partial charge in [-0.15, -0.1) is 0 Å². The van der Waals surface area contributed by atoms with Crippen molar-refractivity contribution in [1.82, 2.24) is 4.31 Å². The van der Waals surface area contributed by atoms with Gasteiger partial charge >= 0.3 is 0 Å². The summed E-state index contributed by atoms with van der Waals surface area (Å²) in [5.74, 6) is -0.0382. The van der Waals surface area contributed by atoms with Gasteiger partial charge < -0.3 is 10.2 Å². The van der Waals surface area contributed by atoms with Gasteiger partial charge in [0.2, 0.25) is 10.0 Å². The minimum atomic E-state index is -3.58. The second-order valence-corrected chi connectivity index (χ2v) is 9.00. The highest BCUT2D eigenvalue weighted by atomic mass is 32.2. The minimum Gasteiger partial charge on any atom is -0.327 e. The van der Waals surface area contributed by atoms with Crippen molar-refractivity contribution in [3.63, 3.8) is 0 Å². The first-order valence-electron chi connectivity index (χ1n) is 9.19. The maximum Gasteiger partial charge on any atom is 0.279 e. The Morgan fingerprint density at radius 2 is 1.67 bits per heavy atom. The van der Waals surface area contributed by atoms with E-state index in [1.807, 2.05) is 30.3 Å². The first kappa shape index (κ1) is 19.5. The Hall–Kier alpha value is -2.22. The molecule has 0 aromatic heterocycles. The molecule has 0 radical (unpaired) electrons. The summed E-state index contributed by atoms with van der Waals surface area (Å²) < 4.78 is 26.8. The molecule has 0 saturated carbocycles. The Bertz CT molecular complexity index is 861. The fourth-order valence-electron chi connectivity index (χ4n) is 3.30. The van der Waals surface area contributed by atoms with E-state index >= 15 is 0 Å². The van der Waals surface area contributed by atoms with Gasteiger partial charge in [-0.1, -0.05) is 30.3 Å². The van der Waals surface area contributed by atoms with Gasteiger partial charge in [0.05, 0.1) is 18.0 Å². The summed E-state index contributed by atoms with van der Waals surface area (Å²) >= 11 is 0. The van der Waals surface area contributed by atoms with Crippen LogP contribution in [0.25, 0.3) is 0 Å². The summed E-state index contributed by atoms with van der Waals surface area (Å²) in [6.45, 7) is 2.84. The smallest absolute Gasteiger partial charge is 0.279 e. The lowest BCUT2D eigenvalue weighted by molar-refractivity contribution is -0.878. The molecule has 27 heavy (non-hydrogen) atoms. The lowest BCUT2D eigenvalue weighted by atomic mass is 10.2. The van der Waals surface area contributed by atoms with E-state index in [1.165, 1.54) is 34.2 Å². The molecule has 1 amide bonds. The van der Waals surface area contributed by atoms with Crippen molar-refractivity contribution < 1.29 is 18.1 Å². The van der Waals surface area contributed by atoms with E-state index in [0.717, 1.165) is 18.7 Å². The van der Waals surface area contributed by atoms with Gasteiger partial charge in [0.25, 0.3) is 5.91 Å². The van der Waals surface area contributed by atoms with Crippen LogP contribution in [0.4, 0.5) is 5.69 Å². The summed E-state index contributed by atoms with van der Waals surface area (Å²) in [4.78, 5) is 13.6. The minimum absolute atomic E-state index is 0.0382. The molecule has 1 fully saturated rings. The molecule has 3 rings (SSSR count). The lowest BCUT2D eigenvalue weighted by Crippen LogP contribution is -3.11. The zero-order valence-electron chi connectivity index (χ0n) is 15.5. The fraction of sp³-hybridized carbons (Fsp3) is 0.350. The van der Waals surface area contributed by atoms with E-state index in [2.05, 4.69) is 5.32 Å². The molecule has 0 atom stereocenters. The molecule has 2 aromatic rings. The Labute approximate surface area is 160 Å². The number of benzene rings is 2. The van der Waals surface area contributed by atoms with Crippen molar-refractivity contribution in [2.75, 3.05) is 32.0 Å². The number of anilines is 1. The van der Waals surface area contributed by atoms with Crippen LogP contribution in [0.3, 0.4) is 0 Å². The standard InChI is InChI=1S/C20H25N3O3S/c1-22(15-17-7-3-2-4-8-17)27(25,26)19-11-9-18(10-12-19)21-20(24)16-23-13-5-6-14-23/h2-4,7-12H,5-6,13-16H2,1H3,(H,21,24)/p+1. The number of nitrogens with zero attached hydrogens (tertiary/aromatic N) is 1. The molecular weight excluding hydrogens is 362 g/mol. The van der Waals surface area contributed by atoms with Crippen molar-refractivity contribution in [2.45, 2.75) is 24.3 Å². The van der Waals surface area contributed by atoms with Crippen LogP contribution in [0.2, 0.25) is 0 Å². The number of nitrogens with one attached hydrogen (secondary N) is 2. The average molecular weight is 389 g/mol. The average Bonchev–Trinajstić information content (AvgIpc) is 3.16. The van der Waals surface area contributed by atoms with Crippen molar-refractivity contribution in [1.29, 1.82) is 0 Å². The zero-order valence-corrected chi connectivity index (χ0v) is 16.3. The molecule has 144 valence electrons. The van der Waals surface area contributed by atoms with E-state index < -0.39 is 10.0 Å². The third-order valence-electron chi connectivity index (χ3n) is 4.82. The van der Waals surface area contributed by atoms with Gasteiger partial charge in [-0.05, 0) is 29.8 Å². The number of carbonyl (C=O) groups excluding carboxylic acids is 1. The number of sulfonamides is 1. The molecule has 1 heterocycles. The number of hydrogen-bond donors (Lipinski definition) is 2. The third kappa shape index (κ3) is 5.15. The molecule has 1 aliphatic heterocycles. The monoisotopic (exact) mass is 388 g/mol. The normalized spacial score (nSPS) is 15.2. The second kappa shape index (κ2) is 8.65. The van der Waals surface area contributed by atoms with Crippen LogP contribution in [0.5, 0.6) is 0 Å². The summed E-state index contributed by atoms with van der Waals surface area (Å²) in [6.07, 6.45) is 2.34. The number of hydrogen-bond acceptors (Lipinski definition) is 3. The number of carbonyl (C=O) groups is 1. The van der Waals surface area contributed by atoms with E-state index in [4.69, 9.17) is 0 Å². The topological polar surface area (TPSA) is 70.9 Å². The Kier molecular flexibility index (Phi) is 6.26. The quantitative estimate of drug-likeness (QED) is 0.747.